The summed E-state index contributed by atoms with van der Waals surface area (Å²) in [5.41, 5.74) is 1.28. The van der Waals surface area contributed by atoms with Crippen LogP contribution in [0.1, 0.15) is 12.5 Å². The fourth-order valence-corrected chi connectivity index (χ4v) is 3.21. The number of carbonyl (C=O) groups excluding carboxylic acids is 1. The molecule has 0 aliphatic heterocycles. The van der Waals surface area contributed by atoms with Gasteiger partial charge in [-0.25, -0.2) is 8.42 Å². The van der Waals surface area contributed by atoms with Gasteiger partial charge in [-0.15, -0.1) is 0 Å². The Morgan fingerprint density at radius 1 is 1.14 bits per heavy atom. The van der Waals surface area contributed by atoms with Crippen LogP contribution in [0, 0.1) is 0 Å². The van der Waals surface area contributed by atoms with Crippen molar-refractivity contribution in [3.05, 3.63) is 66.8 Å². The highest BCUT2D eigenvalue weighted by Gasteiger charge is 2.11. The third-order valence-electron chi connectivity index (χ3n) is 3.83. The van der Waals surface area contributed by atoms with Crippen molar-refractivity contribution >= 4 is 27.5 Å². The molecule has 0 saturated heterocycles. The van der Waals surface area contributed by atoms with Gasteiger partial charge in [0.1, 0.15) is 6.61 Å². The fraction of sp³-hybridized carbons (Fsp3) is 0.190. The van der Waals surface area contributed by atoms with Crippen molar-refractivity contribution in [1.29, 1.82) is 0 Å². The summed E-state index contributed by atoms with van der Waals surface area (Å²) in [4.78, 5) is 12.3. The lowest BCUT2D eigenvalue weighted by molar-refractivity contribution is -0.111. The highest BCUT2D eigenvalue weighted by molar-refractivity contribution is 7.91. The Balaban J connectivity index is 2.04. The highest BCUT2D eigenvalue weighted by atomic mass is 32.2. The lowest BCUT2D eigenvalue weighted by Gasteiger charge is -2.09. The zero-order chi connectivity index (χ0) is 20.6. The normalized spacial score (nSPS) is 11.2. The van der Waals surface area contributed by atoms with E-state index in [-0.39, 0.29) is 16.6 Å². The number of carbonyl (C=O) groups is 1. The molecule has 0 aromatic heterocycles. The summed E-state index contributed by atoms with van der Waals surface area (Å²) >= 11 is 0. The molecule has 0 unspecified atom stereocenters. The Hall–Kier alpha value is -3.06. The van der Waals surface area contributed by atoms with Gasteiger partial charge in [-0.05, 0) is 48.0 Å². The number of ether oxygens (including phenoxy) is 2. The lowest BCUT2D eigenvalue weighted by atomic mass is 10.2. The number of sulfone groups is 1. The minimum Gasteiger partial charge on any atom is -0.493 e. The van der Waals surface area contributed by atoms with Crippen molar-refractivity contribution in [2.45, 2.75) is 11.8 Å². The summed E-state index contributed by atoms with van der Waals surface area (Å²) in [6.45, 7) is 5.56. The van der Waals surface area contributed by atoms with Crippen LogP contribution in [0.2, 0.25) is 0 Å². The number of anilines is 1. The number of amides is 1. The second kappa shape index (κ2) is 9.75. The van der Waals surface area contributed by atoms with Crippen LogP contribution in [0.15, 0.2) is 66.1 Å². The summed E-state index contributed by atoms with van der Waals surface area (Å²) in [6.07, 6.45) is 4.67. The summed E-state index contributed by atoms with van der Waals surface area (Å²) in [5.74, 6) is 0.836. The number of nitrogens with one attached hydrogen (secondary N) is 1. The van der Waals surface area contributed by atoms with Gasteiger partial charge in [0.2, 0.25) is 5.91 Å². The molecule has 0 bridgehead atoms. The van der Waals surface area contributed by atoms with Gasteiger partial charge in [-0.2, -0.15) is 0 Å². The van der Waals surface area contributed by atoms with E-state index in [1.54, 1.807) is 56.5 Å². The van der Waals surface area contributed by atoms with Crippen LogP contribution in [-0.2, 0) is 14.6 Å². The van der Waals surface area contributed by atoms with Crippen molar-refractivity contribution in [1.82, 2.24) is 0 Å². The standard InChI is InChI=1S/C21H23NO5S/c1-4-14-27-19-12-6-16(15-20(19)26-3)7-13-21(23)22-17-8-10-18(11-9-17)28(24,25)5-2/h4,6-13,15H,1,5,14H2,2-3H3,(H,22,23)/b13-7+. The third-order valence-corrected chi connectivity index (χ3v) is 5.58. The van der Waals surface area contributed by atoms with Crippen LogP contribution in [0.4, 0.5) is 5.69 Å². The minimum atomic E-state index is -3.26. The van der Waals surface area contributed by atoms with Gasteiger partial charge >= 0.3 is 0 Å². The molecule has 0 fully saturated rings. The van der Waals surface area contributed by atoms with E-state index in [0.717, 1.165) is 5.56 Å². The molecule has 2 rings (SSSR count). The van der Waals surface area contributed by atoms with E-state index in [0.29, 0.717) is 23.8 Å². The molecule has 0 atom stereocenters. The number of methoxy groups -OCH3 is 1. The van der Waals surface area contributed by atoms with Crippen LogP contribution in [0.25, 0.3) is 6.08 Å². The summed E-state index contributed by atoms with van der Waals surface area (Å²) in [7, 11) is -1.72. The number of hydrogen-bond donors (Lipinski definition) is 1. The maximum Gasteiger partial charge on any atom is 0.248 e. The quantitative estimate of drug-likeness (QED) is 0.512. The topological polar surface area (TPSA) is 81.7 Å². The molecule has 2 aromatic carbocycles. The fourth-order valence-electron chi connectivity index (χ4n) is 2.32. The molecule has 0 aliphatic carbocycles. The van der Waals surface area contributed by atoms with E-state index in [9.17, 15) is 13.2 Å². The first kappa shape index (κ1) is 21.2. The van der Waals surface area contributed by atoms with Gasteiger partial charge in [0.25, 0.3) is 0 Å². The van der Waals surface area contributed by atoms with Gasteiger partial charge in [-0.1, -0.05) is 25.6 Å². The first-order valence-electron chi connectivity index (χ1n) is 8.63. The molecule has 28 heavy (non-hydrogen) atoms. The van der Waals surface area contributed by atoms with Gasteiger partial charge in [-0.3, -0.25) is 4.79 Å². The van der Waals surface area contributed by atoms with Crippen LogP contribution in [-0.4, -0.2) is 33.8 Å². The Labute approximate surface area is 165 Å². The first-order chi connectivity index (χ1) is 13.4. The van der Waals surface area contributed by atoms with Crippen LogP contribution in [0.5, 0.6) is 11.5 Å². The zero-order valence-corrected chi connectivity index (χ0v) is 16.7. The van der Waals surface area contributed by atoms with Crippen LogP contribution >= 0.6 is 0 Å². The van der Waals surface area contributed by atoms with E-state index in [2.05, 4.69) is 11.9 Å². The first-order valence-corrected chi connectivity index (χ1v) is 10.3. The molecule has 2 aromatic rings. The van der Waals surface area contributed by atoms with Gasteiger partial charge in [0.05, 0.1) is 17.8 Å². The van der Waals surface area contributed by atoms with E-state index >= 15 is 0 Å². The van der Waals surface area contributed by atoms with Crippen molar-refractivity contribution in [3.8, 4) is 11.5 Å². The highest BCUT2D eigenvalue weighted by Crippen LogP contribution is 2.28. The lowest BCUT2D eigenvalue weighted by Crippen LogP contribution is -2.08. The van der Waals surface area contributed by atoms with Crippen LogP contribution < -0.4 is 14.8 Å². The van der Waals surface area contributed by atoms with E-state index in [1.165, 1.54) is 18.2 Å². The number of benzene rings is 2. The maximum absolute atomic E-state index is 12.1. The van der Waals surface area contributed by atoms with E-state index < -0.39 is 9.84 Å². The molecule has 1 amide bonds. The van der Waals surface area contributed by atoms with E-state index in [1.807, 2.05) is 0 Å². The molecule has 0 heterocycles. The molecule has 0 saturated carbocycles. The van der Waals surface area contributed by atoms with Crippen molar-refractivity contribution in [2.75, 3.05) is 24.8 Å². The second-order valence-electron chi connectivity index (χ2n) is 5.76. The average Bonchev–Trinajstić information content (AvgIpc) is 2.71. The monoisotopic (exact) mass is 401 g/mol. The largest absolute Gasteiger partial charge is 0.493 e. The molecule has 0 aliphatic rings. The second-order valence-corrected chi connectivity index (χ2v) is 8.04. The van der Waals surface area contributed by atoms with Gasteiger partial charge < -0.3 is 14.8 Å². The average molecular weight is 401 g/mol. The summed E-state index contributed by atoms with van der Waals surface area (Å²) < 4.78 is 34.4. The molecule has 7 heteroatoms. The summed E-state index contributed by atoms with van der Waals surface area (Å²) in [5, 5.41) is 2.69. The predicted octanol–water partition coefficient (Wildman–Crippen LogP) is 3.71. The van der Waals surface area contributed by atoms with Crippen molar-refractivity contribution in [2.24, 2.45) is 0 Å². The Morgan fingerprint density at radius 3 is 2.46 bits per heavy atom. The van der Waals surface area contributed by atoms with Gasteiger partial charge in [0.15, 0.2) is 21.3 Å². The Kier molecular flexibility index (Phi) is 7.40. The molecule has 0 radical (unpaired) electrons. The smallest absolute Gasteiger partial charge is 0.248 e. The Bertz CT molecular complexity index is 963. The Morgan fingerprint density at radius 2 is 1.86 bits per heavy atom. The summed E-state index contributed by atoms with van der Waals surface area (Å²) in [6, 6.07) is 11.4. The maximum atomic E-state index is 12.1. The molecule has 6 nitrogen and oxygen atoms in total. The molecular formula is C21H23NO5S. The zero-order valence-electron chi connectivity index (χ0n) is 15.8. The molecule has 0 spiro atoms. The molecule has 148 valence electrons. The number of rotatable bonds is 9. The van der Waals surface area contributed by atoms with Crippen molar-refractivity contribution in [3.63, 3.8) is 0 Å². The SMILES string of the molecule is C=CCOc1ccc(/C=C/C(=O)Nc2ccc(S(=O)(=O)CC)cc2)cc1OC. The molecular weight excluding hydrogens is 378 g/mol. The third kappa shape index (κ3) is 5.72. The molecule has 1 N–H and O–H groups in total. The van der Waals surface area contributed by atoms with Gasteiger partial charge in [0, 0.05) is 11.8 Å². The van der Waals surface area contributed by atoms with Crippen LogP contribution in [0.3, 0.4) is 0 Å². The minimum absolute atomic E-state index is 0.0301. The number of hydrogen-bond acceptors (Lipinski definition) is 5. The van der Waals surface area contributed by atoms with Crippen molar-refractivity contribution < 1.29 is 22.7 Å². The van der Waals surface area contributed by atoms with E-state index in [4.69, 9.17) is 9.47 Å². The predicted molar refractivity (Wildman–Crippen MR) is 111 cm³/mol.